The van der Waals surface area contributed by atoms with Gasteiger partial charge in [-0.3, -0.25) is 18.6 Å². The predicted octanol–water partition coefficient (Wildman–Crippen LogP) is 13.9. The van der Waals surface area contributed by atoms with Crippen molar-refractivity contribution in [2.45, 2.75) is 244 Å². The molecule has 3 atom stereocenters. The van der Waals surface area contributed by atoms with Crippen LogP contribution < -0.4 is 0 Å². The Balaban J connectivity index is 4.21. The zero-order valence-corrected chi connectivity index (χ0v) is 40.0. The minimum atomic E-state index is -4.62. The van der Waals surface area contributed by atoms with Crippen LogP contribution in [0.4, 0.5) is 0 Å². The van der Waals surface area contributed by atoms with Gasteiger partial charge in [0.1, 0.15) is 12.7 Å². The van der Waals surface area contributed by atoms with Crippen molar-refractivity contribution in [1.29, 1.82) is 0 Å². The van der Waals surface area contributed by atoms with Crippen LogP contribution in [0.3, 0.4) is 0 Å². The second-order valence-electron chi connectivity index (χ2n) is 16.8. The zero-order chi connectivity index (χ0) is 44.8. The Morgan fingerprint density at radius 2 is 0.852 bits per heavy atom. The Labute approximate surface area is 373 Å². The fourth-order valence-corrected chi connectivity index (χ4v) is 7.69. The molecule has 61 heavy (non-hydrogen) atoms. The Morgan fingerprint density at radius 1 is 0.492 bits per heavy atom. The van der Waals surface area contributed by atoms with Crippen LogP contribution in [0.5, 0.6) is 0 Å². The first-order valence-electron chi connectivity index (χ1n) is 24.9. The highest BCUT2D eigenvalue weighted by Gasteiger charge is 2.27. The molecule has 0 aliphatic carbocycles. The summed E-state index contributed by atoms with van der Waals surface area (Å²) < 4.78 is 32.8. The van der Waals surface area contributed by atoms with E-state index in [0.717, 1.165) is 57.8 Å². The Hall–Kier alpha value is -1.81. The summed E-state index contributed by atoms with van der Waals surface area (Å²) in [5.74, 6) is -0.928. The molecular weight excluding hydrogens is 792 g/mol. The second kappa shape index (κ2) is 46.2. The van der Waals surface area contributed by atoms with E-state index < -0.39 is 51.8 Å². The van der Waals surface area contributed by atoms with Gasteiger partial charge < -0.3 is 24.6 Å². The highest BCUT2D eigenvalue weighted by Crippen LogP contribution is 2.43. The van der Waals surface area contributed by atoms with Gasteiger partial charge in [-0.1, -0.05) is 185 Å². The SMILES string of the molecule is CCCCCCC/C=C\C/C=C\CCCCCCCCCCCC(=O)OC(COC(=O)CCCCCCCCC/C=C\CCCCCCCC)COP(=O)(O)OCC(O)CO. The average molecular weight is 885 g/mol. The van der Waals surface area contributed by atoms with E-state index in [1.807, 2.05) is 0 Å². The lowest BCUT2D eigenvalue weighted by molar-refractivity contribution is -0.161. The topological polar surface area (TPSA) is 149 Å². The van der Waals surface area contributed by atoms with Gasteiger partial charge in [0, 0.05) is 12.8 Å². The molecule has 0 aromatic rings. The number of ether oxygens (including phenoxy) is 2. The molecule has 0 aliphatic rings. The number of carbonyl (C=O) groups is 2. The molecule has 10 nitrogen and oxygen atoms in total. The predicted molar refractivity (Wildman–Crippen MR) is 251 cm³/mol. The van der Waals surface area contributed by atoms with Crippen molar-refractivity contribution < 1.29 is 47.8 Å². The molecular formula is C50H93O10P. The van der Waals surface area contributed by atoms with E-state index in [1.54, 1.807) is 0 Å². The van der Waals surface area contributed by atoms with Crippen LogP contribution in [0, 0.1) is 0 Å². The van der Waals surface area contributed by atoms with Crippen LogP contribution in [0.15, 0.2) is 36.5 Å². The standard InChI is InChI=1S/C50H93O10P/c1-3-5-7-9-11-13-15-17-19-21-22-23-24-26-28-30-32-34-36-38-40-42-50(54)60-48(46-59-61(55,56)58-44-47(52)43-51)45-57-49(53)41-39-37-35-33-31-29-27-25-20-18-16-14-12-10-8-6-4-2/h15,17-18,20-22,47-48,51-52H,3-14,16,19,23-46H2,1-2H3,(H,55,56)/b17-15-,20-18-,22-21-. The van der Waals surface area contributed by atoms with E-state index in [-0.39, 0.29) is 19.4 Å². The molecule has 3 N–H and O–H groups in total. The van der Waals surface area contributed by atoms with E-state index >= 15 is 0 Å². The summed E-state index contributed by atoms with van der Waals surface area (Å²) in [6, 6.07) is 0. The number of aliphatic hydroxyl groups is 2. The van der Waals surface area contributed by atoms with Crippen molar-refractivity contribution in [2.75, 3.05) is 26.4 Å². The first-order valence-corrected chi connectivity index (χ1v) is 26.4. The molecule has 358 valence electrons. The van der Waals surface area contributed by atoms with Crippen LogP contribution in [0.25, 0.3) is 0 Å². The van der Waals surface area contributed by atoms with Crippen LogP contribution in [-0.2, 0) is 32.7 Å². The van der Waals surface area contributed by atoms with Gasteiger partial charge in [0.25, 0.3) is 0 Å². The summed E-state index contributed by atoms with van der Waals surface area (Å²) in [6.07, 6.45) is 49.6. The summed E-state index contributed by atoms with van der Waals surface area (Å²) in [5, 5.41) is 18.4. The fourth-order valence-electron chi connectivity index (χ4n) is 6.90. The number of phosphoric ester groups is 1. The highest BCUT2D eigenvalue weighted by atomic mass is 31.2. The zero-order valence-electron chi connectivity index (χ0n) is 39.1. The molecule has 0 radical (unpaired) electrons. The van der Waals surface area contributed by atoms with Crippen LogP contribution in [0.2, 0.25) is 0 Å². The average Bonchev–Trinajstić information content (AvgIpc) is 3.25. The molecule has 3 unspecified atom stereocenters. The number of unbranched alkanes of at least 4 members (excludes halogenated alkanes) is 27. The summed E-state index contributed by atoms with van der Waals surface area (Å²) in [6.45, 7) is 2.39. The molecule has 0 aromatic heterocycles. The molecule has 0 saturated carbocycles. The molecule has 0 saturated heterocycles. The molecule has 0 aromatic carbocycles. The molecule has 0 spiro atoms. The number of aliphatic hydroxyl groups excluding tert-OH is 2. The monoisotopic (exact) mass is 885 g/mol. The number of hydrogen-bond donors (Lipinski definition) is 3. The van der Waals surface area contributed by atoms with Gasteiger partial charge in [0.2, 0.25) is 0 Å². The summed E-state index contributed by atoms with van der Waals surface area (Å²) >= 11 is 0. The van der Waals surface area contributed by atoms with Crippen LogP contribution in [-0.4, -0.2) is 65.7 Å². The normalized spacial score (nSPS) is 14.0. The number of hydrogen-bond acceptors (Lipinski definition) is 9. The number of esters is 2. The van der Waals surface area contributed by atoms with Crippen LogP contribution in [0.1, 0.15) is 232 Å². The molecule has 11 heteroatoms. The van der Waals surface area contributed by atoms with Crippen molar-refractivity contribution in [1.82, 2.24) is 0 Å². The first kappa shape index (κ1) is 59.2. The summed E-state index contributed by atoms with van der Waals surface area (Å²) in [4.78, 5) is 35.1. The van der Waals surface area contributed by atoms with E-state index in [1.165, 1.54) is 135 Å². The Morgan fingerprint density at radius 3 is 1.28 bits per heavy atom. The van der Waals surface area contributed by atoms with Crippen molar-refractivity contribution in [3.05, 3.63) is 36.5 Å². The summed E-state index contributed by atoms with van der Waals surface area (Å²) in [7, 11) is -4.62. The van der Waals surface area contributed by atoms with Crippen molar-refractivity contribution in [2.24, 2.45) is 0 Å². The molecule has 0 amide bonds. The third kappa shape index (κ3) is 46.0. The third-order valence-corrected chi connectivity index (χ3v) is 11.7. The minimum Gasteiger partial charge on any atom is -0.462 e. The lowest BCUT2D eigenvalue weighted by Crippen LogP contribution is -2.29. The maximum atomic E-state index is 12.7. The van der Waals surface area contributed by atoms with Gasteiger partial charge in [0.15, 0.2) is 6.10 Å². The molecule has 0 aliphatic heterocycles. The number of phosphoric acid groups is 1. The summed E-state index contributed by atoms with van der Waals surface area (Å²) in [5.41, 5.74) is 0. The van der Waals surface area contributed by atoms with Crippen molar-refractivity contribution >= 4 is 19.8 Å². The largest absolute Gasteiger partial charge is 0.472 e. The maximum absolute atomic E-state index is 12.7. The Bertz CT molecular complexity index is 1110. The molecule has 0 rings (SSSR count). The lowest BCUT2D eigenvalue weighted by atomic mass is 10.1. The number of allylic oxidation sites excluding steroid dienone is 6. The van der Waals surface area contributed by atoms with Gasteiger partial charge in [-0.2, -0.15) is 0 Å². The second-order valence-corrected chi connectivity index (χ2v) is 18.3. The van der Waals surface area contributed by atoms with E-state index in [2.05, 4.69) is 50.3 Å². The van der Waals surface area contributed by atoms with Gasteiger partial charge in [-0.15, -0.1) is 0 Å². The smallest absolute Gasteiger partial charge is 0.462 e. The van der Waals surface area contributed by atoms with Gasteiger partial charge in [-0.25, -0.2) is 4.57 Å². The van der Waals surface area contributed by atoms with Crippen LogP contribution >= 0.6 is 7.82 Å². The lowest BCUT2D eigenvalue weighted by Gasteiger charge is -2.20. The van der Waals surface area contributed by atoms with Crippen molar-refractivity contribution in [3.63, 3.8) is 0 Å². The first-order chi connectivity index (χ1) is 29.7. The molecule has 0 bridgehead atoms. The molecule has 0 heterocycles. The Kier molecular flexibility index (Phi) is 44.8. The van der Waals surface area contributed by atoms with E-state index in [0.29, 0.717) is 12.8 Å². The van der Waals surface area contributed by atoms with Gasteiger partial charge in [0.05, 0.1) is 19.8 Å². The molecule has 0 fully saturated rings. The number of carbonyl (C=O) groups excluding carboxylic acids is 2. The number of rotatable bonds is 47. The van der Waals surface area contributed by atoms with E-state index in [4.69, 9.17) is 23.6 Å². The highest BCUT2D eigenvalue weighted by molar-refractivity contribution is 7.47. The van der Waals surface area contributed by atoms with Gasteiger partial charge >= 0.3 is 19.8 Å². The quantitative estimate of drug-likeness (QED) is 0.0233. The van der Waals surface area contributed by atoms with Crippen molar-refractivity contribution in [3.8, 4) is 0 Å². The maximum Gasteiger partial charge on any atom is 0.472 e. The van der Waals surface area contributed by atoms with Gasteiger partial charge in [-0.05, 0) is 70.6 Å². The van der Waals surface area contributed by atoms with E-state index in [9.17, 15) is 24.2 Å². The minimum absolute atomic E-state index is 0.179. The third-order valence-electron chi connectivity index (χ3n) is 10.8. The fraction of sp³-hybridized carbons (Fsp3) is 0.840.